The summed E-state index contributed by atoms with van der Waals surface area (Å²) in [6, 6.07) is 3.09. The third-order valence-electron chi connectivity index (χ3n) is 2.76. The fourth-order valence-corrected chi connectivity index (χ4v) is 2.27. The topological polar surface area (TPSA) is 87.7 Å². The Bertz CT molecular complexity index is 570. The van der Waals surface area contributed by atoms with Crippen molar-refractivity contribution in [2.24, 2.45) is 5.41 Å². The van der Waals surface area contributed by atoms with Gasteiger partial charge in [-0.1, -0.05) is 20.8 Å². The van der Waals surface area contributed by atoms with Gasteiger partial charge in [-0.05, 0) is 23.2 Å². The van der Waals surface area contributed by atoms with Crippen molar-refractivity contribution >= 4 is 22.7 Å². The number of carbonyl (C=O) groups excluding carboxylic acids is 1. The molecule has 1 N–H and O–H groups in total. The van der Waals surface area contributed by atoms with Gasteiger partial charge in [0.25, 0.3) is 0 Å². The van der Waals surface area contributed by atoms with Gasteiger partial charge >= 0.3 is 18.9 Å². The van der Waals surface area contributed by atoms with Crippen LogP contribution in [0.15, 0.2) is 17.0 Å². The van der Waals surface area contributed by atoms with Gasteiger partial charge in [0.1, 0.15) is 13.2 Å². The smallest absolute Gasteiger partial charge is 0.768 e. The van der Waals surface area contributed by atoms with Crippen molar-refractivity contribution in [1.82, 2.24) is 0 Å². The molecule has 0 radical (unpaired) electrons. The van der Waals surface area contributed by atoms with Crippen LogP contribution in [-0.4, -0.2) is 27.9 Å². The number of benzene rings is 1. The zero-order valence-corrected chi connectivity index (χ0v) is 13.3. The Kier molecular flexibility index (Phi) is 5.88. The molecule has 1 atom stereocenters. The van der Waals surface area contributed by atoms with Crippen LogP contribution in [0.3, 0.4) is 0 Å². The maximum atomic E-state index is 12.0. The summed E-state index contributed by atoms with van der Waals surface area (Å²) in [5.74, 6) is 0.237. The first-order chi connectivity index (χ1) is 9.30. The molecular weight excluding hydrogens is 289 g/mol. The number of rotatable bonds is 2. The molecule has 110 valence electrons. The molecule has 6 nitrogen and oxygen atoms in total. The number of amides is 1. The first-order valence-electron chi connectivity index (χ1n) is 6.14. The summed E-state index contributed by atoms with van der Waals surface area (Å²) < 4.78 is 33.6. The van der Waals surface area contributed by atoms with Crippen molar-refractivity contribution in [3.8, 4) is 11.5 Å². The monoisotopic (exact) mass is 305 g/mol. The van der Waals surface area contributed by atoms with E-state index in [-0.39, 0.29) is 47.7 Å². The van der Waals surface area contributed by atoms with E-state index in [4.69, 9.17) is 9.47 Å². The summed E-state index contributed by atoms with van der Waals surface area (Å²) in [4.78, 5) is 11.9. The van der Waals surface area contributed by atoms with Crippen LogP contribution in [0.2, 0.25) is 0 Å². The Morgan fingerprint density at radius 2 is 1.90 bits per heavy atom. The van der Waals surface area contributed by atoms with Crippen molar-refractivity contribution in [3.63, 3.8) is 0 Å². The number of nitrogens with one attached hydrogen (secondary N) is 1. The molecule has 0 bridgehead atoms. The molecule has 1 aromatic carbocycles. The first-order valence-corrected chi connectivity index (χ1v) is 7.21. The third kappa shape index (κ3) is 4.01. The minimum atomic E-state index is -2.54. The second-order valence-corrected chi connectivity index (χ2v) is 6.28. The van der Waals surface area contributed by atoms with Crippen molar-refractivity contribution in [2.45, 2.75) is 25.7 Å². The van der Waals surface area contributed by atoms with Gasteiger partial charge in [0.05, 0.1) is 10.6 Å². The van der Waals surface area contributed by atoms with Crippen molar-refractivity contribution < 1.29 is 41.9 Å². The Morgan fingerprint density at radius 1 is 1.29 bits per heavy atom. The van der Waals surface area contributed by atoms with Crippen LogP contribution in [0.1, 0.15) is 20.8 Å². The van der Waals surface area contributed by atoms with E-state index in [2.05, 4.69) is 5.32 Å². The average molecular weight is 305 g/mol. The fourth-order valence-electron chi connectivity index (χ4n) is 1.66. The van der Waals surface area contributed by atoms with Gasteiger partial charge < -0.3 is 19.3 Å². The molecule has 8 heteroatoms. The SMILES string of the molecule is CC(C)(C)C(=O)Nc1ccc2c(c1S(=O)[O-])OCCO2.[Li+]. The molecular formula is C13H16LiNO5S. The second kappa shape index (κ2) is 6.84. The molecule has 1 amide bonds. The molecule has 1 aromatic rings. The Hall–Kier alpha value is -1.00. The van der Waals surface area contributed by atoms with E-state index in [9.17, 15) is 13.6 Å². The quantitative estimate of drug-likeness (QED) is 0.541. The Balaban J connectivity index is 0.00000220. The summed E-state index contributed by atoms with van der Waals surface area (Å²) >= 11 is -2.54. The molecule has 0 spiro atoms. The van der Waals surface area contributed by atoms with E-state index < -0.39 is 16.5 Å². The van der Waals surface area contributed by atoms with Gasteiger partial charge in [0.2, 0.25) is 5.91 Å². The van der Waals surface area contributed by atoms with Crippen LogP contribution >= 0.6 is 0 Å². The minimum Gasteiger partial charge on any atom is -0.768 e. The van der Waals surface area contributed by atoms with Gasteiger partial charge in [-0.2, -0.15) is 0 Å². The van der Waals surface area contributed by atoms with Gasteiger partial charge in [-0.15, -0.1) is 0 Å². The molecule has 2 rings (SSSR count). The largest absolute Gasteiger partial charge is 1.00 e. The summed E-state index contributed by atoms with van der Waals surface area (Å²) in [6.07, 6.45) is 0. The van der Waals surface area contributed by atoms with E-state index in [1.807, 2.05) is 0 Å². The van der Waals surface area contributed by atoms with Crippen LogP contribution in [0, 0.1) is 5.41 Å². The number of anilines is 1. The molecule has 0 fully saturated rings. The van der Waals surface area contributed by atoms with E-state index >= 15 is 0 Å². The molecule has 0 saturated heterocycles. The van der Waals surface area contributed by atoms with Crippen LogP contribution in [0.5, 0.6) is 11.5 Å². The van der Waals surface area contributed by atoms with Crippen LogP contribution < -0.4 is 33.7 Å². The minimum absolute atomic E-state index is 0. The molecule has 0 saturated carbocycles. The number of ether oxygens (including phenoxy) is 2. The number of hydrogen-bond donors (Lipinski definition) is 1. The molecule has 1 unspecified atom stereocenters. The third-order valence-corrected chi connectivity index (χ3v) is 3.50. The van der Waals surface area contributed by atoms with Crippen molar-refractivity contribution in [1.29, 1.82) is 0 Å². The molecule has 0 aliphatic carbocycles. The normalized spacial score (nSPS) is 14.9. The maximum absolute atomic E-state index is 12.0. The second-order valence-electron chi connectivity index (χ2n) is 5.41. The first kappa shape index (κ1) is 18.0. The predicted octanol–water partition coefficient (Wildman–Crippen LogP) is -1.32. The summed E-state index contributed by atoms with van der Waals surface area (Å²) in [5.41, 5.74) is -0.433. The average Bonchev–Trinajstić information content (AvgIpc) is 2.36. The van der Waals surface area contributed by atoms with Gasteiger partial charge in [0.15, 0.2) is 11.5 Å². The standard InChI is InChI=1S/C13H17NO5S.Li/c1-13(2,3)12(15)14-8-4-5-9-10(11(8)20(16)17)19-7-6-18-9;/h4-5H,6-7H2,1-3H3,(H,14,15)(H,16,17);/q;+1/p-1. The fraction of sp³-hybridized carbons (Fsp3) is 0.462. The number of hydrogen-bond acceptors (Lipinski definition) is 5. The summed E-state index contributed by atoms with van der Waals surface area (Å²) in [5, 5.41) is 2.61. The van der Waals surface area contributed by atoms with Crippen molar-refractivity contribution in [2.75, 3.05) is 18.5 Å². The van der Waals surface area contributed by atoms with Gasteiger partial charge in [-0.3, -0.25) is 9.00 Å². The maximum Gasteiger partial charge on any atom is 1.00 e. The molecule has 21 heavy (non-hydrogen) atoms. The van der Waals surface area contributed by atoms with Crippen LogP contribution in [-0.2, 0) is 15.9 Å². The molecule has 1 aliphatic heterocycles. The number of carbonyl (C=O) groups is 1. The van der Waals surface area contributed by atoms with E-state index in [1.165, 1.54) is 6.07 Å². The molecule has 1 aliphatic rings. The Morgan fingerprint density at radius 3 is 2.48 bits per heavy atom. The van der Waals surface area contributed by atoms with E-state index in [1.54, 1.807) is 26.8 Å². The van der Waals surface area contributed by atoms with Gasteiger partial charge in [0, 0.05) is 5.41 Å². The molecule has 1 heterocycles. The zero-order chi connectivity index (χ0) is 14.9. The van der Waals surface area contributed by atoms with E-state index in [0.29, 0.717) is 12.4 Å². The number of fused-ring (bicyclic) bond motifs is 1. The predicted molar refractivity (Wildman–Crippen MR) is 72.7 cm³/mol. The van der Waals surface area contributed by atoms with Crippen LogP contribution in [0.25, 0.3) is 0 Å². The zero-order valence-electron chi connectivity index (χ0n) is 12.5. The summed E-state index contributed by atoms with van der Waals surface area (Å²) in [6.45, 7) is 5.87. The van der Waals surface area contributed by atoms with Crippen LogP contribution in [0.4, 0.5) is 5.69 Å². The van der Waals surface area contributed by atoms with Crippen molar-refractivity contribution in [3.05, 3.63) is 12.1 Å². The summed E-state index contributed by atoms with van der Waals surface area (Å²) in [7, 11) is 0. The van der Waals surface area contributed by atoms with Gasteiger partial charge in [-0.25, -0.2) is 0 Å². The van der Waals surface area contributed by atoms with E-state index in [0.717, 1.165) is 0 Å². The Labute approximate surface area is 138 Å². The molecule has 0 aromatic heterocycles.